The standard InChI is InChI=1S/C21H27N3O5/c1-3-28-16-9-14-8-13(2)29-17(14)10-15(16)11-22-18(25)12-24-19(26)21(23-20(24)27)6-4-5-7-21/h9-10,13H,3-8,11-12H2,1-2H3,(H,22,25)(H,23,27)/t13-/m1/s1. The molecule has 0 radical (unpaired) electrons. The third kappa shape index (κ3) is 3.63. The van der Waals surface area contributed by atoms with Gasteiger partial charge in [-0.05, 0) is 38.8 Å². The number of nitrogens with zero attached hydrogens (tertiary/aromatic N) is 1. The van der Waals surface area contributed by atoms with E-state index in [1.165, 1.54) is 0 Å². The Bertz CT molecular complexity index is 847. The first kappa shape index (κ1) is 19.5. The van der Waals surface area contributed by atoms with Crippen LogP contribution in [0.2, 0.25) is 0 Å². The normalized spacial score (nSPS) is 21.9. The van der Waals surface area contributed by atoms with Crippen molar-refractivity contribution in [1.29, 1.82) is 0 Å². The lowest BCUT2D eigenvalue weighted by atomic mass is 9.98. The van der Waals surface area contributed by atoms with E-state index in [-0.39, 0.29) is 31.0 Å². The van der Waals surface area contributed by atoms with Gasteiger partial charge in [0.25, 0.3) is 5.91 Å². The average Bonchev–Trinajstić information content (AvgIpc) is 3.34. The molecule has 8 heteroatoms. The van der Waals surface area contributed by atoms with E-state index in [0.717, 1.165) is 41.0 Å². The molecule has 4 amide bonds. The molecule has 1 saturated carbocycles. The molecule has 1 aliphatic carbocycles. The van der Waals surface area contributed by atoms with Crippen LogP contribution in [-0.2, 0) is 22.6 Å². The second kappa shape index (κ2) is 7.57. The Morgan fingerprint density at radius 1 is 1.34 bits per heavy atom. The second-order valence-electron chi connectivity index (χ2n) is 8.02. The van der Waals surface area contributed by atoms with Crippen LogP contribution in [-0.4, -0.2) is 47.5 Å². The van der Waals surface area contributed by atoms with Crippen LogP contribution in [0.25, 0.3) is 0 Å². The van der Waals surface area contributed by atoms with E-state index in [9.17, 15) is 14.4 Å². The van der Waals surface area contributed by atoms with Gasteiger partial charge in [0.2, 0.25) is 5.91 Å². The van der Waals surface area contributed by atoms with Crippen LogP contribution in [0.4, 0.5) is 4.79 Å². The smallest absolute Gasteiger partial charge is 0.325 e. The van der Waals surface area contributed by atoms with E-state index in [1.54, 1.807) is 0 Å². The van der Waals surface area contributed by atoms with E-state index in [2.05, 4.69) is 10.6 Å². The lowest BCUT2D eigenvalue weighted by Crippen LogP contribution is -2.45. The molecule has 156 valence electrons. The monoisotopic (exact) mass is 401 g/mol. The van der Waals surface area contributed by atoms with Gasteiger partial charge in [-0.1, -0.05) is 12.8 Å². The SMILES string of the molecule is CCOc1cc2c(cc1CNC(=O)CN1C(=O)NC3(CCCC3)C1=O)O[C@H](C)C2. The number of hydrogen-bond acceptors (Lipinski definition) is 5. The van der Waals surface area contributed by atoms with Crippen molar-refractivity contribution >= 4 is 17.8 Å². The summed E-state index contributed by atoms with van der Waals surface area (Å²) in [5.41, 5.74) is 1.10. The molecule has 2 aliphatic heterocycles. The highest BCUT2D eigenvalue weighted by Crippen LogP contribution is 2.36. The number of fused-ring (bicyclic) bond motifs is 1. The number of rotatable bonds is 6. The Morgan fingerprint density at radius 3 is 2.83 bits per heavy atom. The summed E-state index contributed by atoms with van der Waals surface area (Å²) in [4.78, 5) is 38.4. The summed E-state index contributed by atoms with van der Waals surface area (Å²) in [6.07, 6.45) is 4.04. The zero-order valence-electron chi connectivity index (χ0n) is 16.9. The van der Waals surface area contributed by atoms with Crippen molar-refractivity contribution in [3.63, 3.8) is 0 Å². The number of urea groups is 1. The van der Waals surface area contributed by atoms with Gasteiger partial charge in [-0.3, -0.25) is 14.5 Å². The summed E-state index contributed by atoms with van der Waals surface area (Å²) < 4.78 is 11.5. The predicted octanol–water partition coefficient (Wildman–Crippen LogP) is 1.89. The van der Waals surface area contributed by atoms with Crippen molar-refractivity contribution < 1.29 is 23.9 Å². The summed E-state index contributed by atoms with van der Waals surface area (Å²) >= 11 is 0. The van der Waals surface area contributed by atoms with Gasteiger partial charge in [-0.25, -0.2) is 4.79 Å². The summed E-state index contributed by atoms with van der Waals surface area (Å²) in [7, 11) is 0. The van der Waals surface area contributed by atoms with Crippen LogP contribution in [0.1, 0.15) is 50.7 Å². The minimum Gasteiger partial charge on any atom is -0.494 e. The molecular formula is C21H27N3O5. The quantitative estimate of drug-likeness (QED) is 0.710. The Morgan fingerprint density at radius 2 is 2.10 bits per heavy atom. The van der Waals surface area contributed by atoms with Crippen molar-refractivity contribution in [1.82, 2.24) is 15.5 Å². The molecule has 1 saturated heterocycles. The molecule has 0 unspecified atom stereocenters. The number of carbonyl (C=O) groups is 3. The molecule has 1 aromatic carbocycles. The molecule has 1 aromatic rings. The molecule has 0 bridgehead atoms. The van der Waals surface area contributed by atoms with Gasteiger partial charge in [-0.15, -0.1) is 0 Å². The molecule has 2 heterocycles. The van der Waals surface area contributed by atoms with E-state index in [1.807, 2.05) is 26.0 Å². The van der Waals surface area contributed by atoms with E-state index in [0.29, 0.717) is 25.2 Å². The summed E-state index contributed by atoms with van der Waals surface area (Å²) in [6.45, 7) is 4.38. The van der Waals surface area contributed by atoms with Gasteiger partial charge in [0.15, 0.2) is 0 Å². The lowest BCUT2D eigenvalue weighted by molar-refractivity contribution is -0.134. The fourth-order valence-electron chi connectivity index (χ4n) is 4.44. The van der Waals surface area contributed by atoms with Gasteiger partial charge in [0.1, 0.15) is 29.7 Å². The molecule has 29 heavy (non-hydrogen) atoms. The van der Waals surface area contributed by atoms with Crippen molar-refractivity contribution in [2.75, 3.05) is 13.2 Å². The molecular weight excluding hydrogens is 374 g/mol. The summed E-state index contributed by atoms with van der Waals surface area (Å²) in [5.74, 6) is 0.845. The largest absolute Gasteiger partial charge is 0.494 e. The fourth-order valence-corrected chi connectivity index (χ4v) is 4.44. The maximum absolute atomic E-state index is 12.7. The zero-order valence-corrected chi connectivity index (χ0v) is 16.9. The predicted molar refractivity (Wildman–Crippen MR) is 105 cm³/mol. The van der Waals surface area contributed by atoms with Crippen LogP contribution < -0.4 is 20.1 Å². The van der Waals surface area contributed by atoms with Gasteiger partial charge in [0.05, 0.1) is 6.61 Å². The van der Waals surface area contributed by atoms with Gasteiger partial charge in [0, 0.05) is 24.1 Å². The summed E-state index contributed by atoms with van der Waals surface area (Å²) in [6, 6.07) is 3.37. The third-order valence-corrected chi connectivity index (χ3v) is 5.86. The maximum atomic E-state index is 12.7. The van der Waals surface area contributed by atoms with Crippen LogP contribution in [0, 0.1) is 0 Å². The lowest BCUT2D eigenvalue weighted by Gasteiger charge is -2.20. The van der Waals surface area contributed by atoms with Crippen molar-refractivity contribution in [3.8, 4) is 11.5 Å². The van der Waals surface area contributed by atoms with Gasteiger partial charge in [-0.2, -0.15) is 0 Å². The minimum absolute atomic E-state index is 0.118. The Labute approximate surface area is 169 Å². The van der Waals surface area contributed by atoms with Crippen LogP contribution in [0.3, 0.4) is 0 Å². The first-order chi connectivity index (χ1) is 13.9. The number of ether oxygens (including phenoxy) is 2. The van der Waals surface area contributed by atoms with Gasteiger partial charge < -0.3 is 20.1 Å². The first-order valence-corrected chi connectivity index (χ1v) is 10.3. The van der Waals surface area contributed by atoms with E-state index >= 15 is 0 Å². The highest BCUT2D eigenvalue weighted by Gasteiger charge is 2.52. The van der Waals surface area contributed by atoms with Crippen molar-refractivity contribution in [2.24, 2.45) is 0 Å². The van der Waals surface area contributed by atoms with Gasteiger partial charge >= 0.3 is 6.03 Å². The highest BCUT2D eigenvalue weighted by molar-refractivity contribution is 6.09. The third-order valence-electron chi connectivity index (χ3n) is 5.86. The topological polar surface area (TPSA) is 97.0 Å². The molecule has 1 atom stereocenters. The molecule has 3 aliphatic rings. The average molecular weight is 401 g/mol. The van der Waals surface area contributed by atoms with Crippen molar-refractivity contribution in [3.05, 3.63) is 23.3 Å². The molecule has 0 aromatic heterocycles. The fraction of sp³-hybridized carbons (Fsp3) is 0.571. The second-order valence-corrected chi connectivity index (χ2v) is 8.02. The van der Waals surface area contributed by atoms with Crippen LogP contribution in [0.15, 0.2) is 12.1 Å². The Hall–Kier alpha value is -2.77. The zero-order chi connectivity index (χ0) is 20.6. The first-order valence-electron chi connectivity index (χ1n) is 10.3. The Kier molecular flexibility index (Phi) is 5.10. The minimum atomic E-state index is -0.798. The molecule has 8 nitrogen and oxygen atoms in total. The van der Waals surface area contributed by atoms with Crippen LogP contribution >= 0.6 is 0 Å². The number of nitrogens with one attached hydrogen (secondary N) is 2. The number of benzene rings is 1. The molecule has 4 rings (SSSR count). The number of carbonyl (C=O) groups excluding carboxylic acids is 3. The molecule has 1 spiro atoms. The maximum Gasteiger partial charge on any atom is 0.325 e. The number of hydrogen-bond donors (Lipinski definition) is 2. The Balaban J connectivity index is 1.40. The van der Waals surface area contributed by atoms with E-state index < -0.39 is 11.6 Å². The van der Waals surface area contributed by atoms with E-state index in [4.69, 9.17) is 9.47 Å². The highest BCUT2D eigenvalue weighted by atomic mass is 16.5. The van der Waals surface area contributed by atoms with Crippen LogP contribution in [0.5, 0.6) is 11.5 Å². The molecule has 2 N–H and O–H groups in total. The van der Waals surface area contributed by atoms with Crippen molar-refractivity contribution in [2.45, 2.75) is 64.1 Å². The number of amides is 4. The molecule has 2 fully saturated rings. The number of imide groups is 1. The summed E-state index contributed by atoms with van der Waals surface area (Å²) in [5, 5.41) is 5.59.